The molecule has 84 valence electrons. The van der Waals surface area contributed by atoms with Crippen LogP contribution in [0.3, 0.4) is 0 Å². The summed E-state index contributed by atoms with van der Waals surface area (Å²) in [6.07, 6.45) is 0.815. The molecule has 0 spiro atoms. The number of hydrogen-bond donors (Lipinski definition) is 0. The van der Waals surface area contributed by atoms with Crippen molar-refractivity contribution in [2.75, 3.05) is 0 Å². The Balaban J connectivity index is 2.35. The molecular formula is C11H12N2O2S. The third-order valence-electron chi connectivity index (χ3n) is 2.05. The molecule has 0 amide bonds. The molecule has 0 aliphatic rings. The van der Waals surface area contributed by atoms with Gasteiger partial charge in [-0.25, -0.2) is 0 Å². The van der Waals surface area contributed by atoms with Crippen LogP contribution in [0.15, 0.2) is 15.9 Å². The summed E-state index contributed by atoms with van der Waals surface area (Å²) in [5, 5.41) is 9.81. The number of nitrogens with zero attached hydrogens (tertiary/aromatic N) is 2. The van der Waals surface area contributed by atoms with Crippen LogP contribution >= 0.6 is 11.3 Å². The number of hydrogen-bond acceptors (Lipinski definition) is 5. The fraction of sp³-hybridized carbons (Fsp3) is 0.364. The van der Waals surface area contributed by atoms with Crippen LogP contribution in [-0.2, 0) is 5.41 Å². The minimum Gasteiger partial charge on any atom is -0.420 e. The molecule has 0 saturated heterocycles. The Morgan fingerprint density at radius 1 is 1.38 bits per heavy atom. The van der Waals surface area contributed by atoms with Crippen LogP contribution in [0.2, 0.25) is 0 Å². The number of rotatable bonds is 2. The maximum absolute atomic E-state index is 10.6. The number of carbonyl (C=O) groups excluding carboxylic acids is 1. The van der Waals surface area contributed by atoms with Crippen molar-refractivity contribution >= 4 is 17.6 Å². The summed E-state index contributed by atoms with van der Waals surface area (Å²) in [6.45, 7) is 6.03. The molecule has 0 radical (unpaired) electrons. The van der Waals surface area contributed by atoms with Crippen molar-refractivity contribution in [1.29, 1.82) is 0 Å². The minimum atomic E-state index is -0.158. The molecule has 4 nitrogen and oxygen atoms in total. The molecule has 0 aromatic carbocycles. The van der Waals surface area contributed by atoms with E-state index in [1.54, 1.807) is 6.07 Å². The summed E-state index contributed by atoms with van der Waals surface area (Å²) in [5.41, 5.74) is 0.643. The summed E-state index contributed by atoms with van der Waals surface area (Å²) in [6, 6.07) is 1.75. The van der Waals surface area contributed by atoms with Crippen molar-refractivity contribution in [1.82, 2.24) is 10.2 Å². The van der Waals surface area contributed by atoms with Crippen LogP contribution in [0.25, 0.3) is 11.5 Å². The Hall–Kier alpha value is -1.49. The van der Waals surface area contributed by atoms with Crippen molar-refractivity contribution in [2.45, 2.75) is 26.2 Å². The van der Waals surface area contributed by atoms with Crippen LogP contribution in [0.4, 0.5) is 0 Å². The third kappa shape index (κ3) is 2.04. The Labute approximate surface area is 97.3 Å². The van der Waals surface area contributed by atoms with Gasteiger partial charge in [-0.15, -0.1) is 21.5 Å². The molecule has 0 aliphatic heterocycles. The van der Waals surface area contributed by atoms with Crippen LogP contribution in [0.1, 0.15) is 36.3 Å². The zero-order valence-electron chi connectivity index (χ0n) is 9.35. The van der Waals surface area contributed by atoms with E-state index < -0.39 is 0 Å². The molecule has 2 rings (SSSR count). The molecule has 0 N–H and O–H groups in total. The van der Waals surface area contributed by atoms with Gasteiger partial charge >= 0.3 is 0 Å². The van der Waals surface area contributed by atoms with Gasteiger partial charge in [-0.3, -0.25) is 4.79 Å². The first-order valence-electron chi connectivity index (χ1n) is 4.89. The highest BCUT2D eigenvalue weighted by Gasteiger charge is 2.22. The minimum absolute atomic E-state index is 0.158. The topological polar surface area (TPSA) is 56.0 Å². The molecule has 5 heteroatoms. The standard InChI is InChI=1S/C11H12N2O2S/c1-11(2,3)10-13-12-9(15-10)7-4-8(5-14)16-6-7/h4-6H,1-3H3. The number of thiophene rings is 1. The van der Waals surface area contributed by atoms with Crippen LogP contribution in [0.5, 0.6) is 0 Å². The van der Waals surface area contributed by atoms with E-state index in [9.17, 15) is 4.79 Å². The van der Waals surface area contributed by atoms with Gasteiger partial charge in [0.25, 0.3) is 0 Å². The predicted octanol–water partition coefficient (Wildman–Crippen LogP) is 2.91. The van der Waals surface area contributed by atoms with Gasteiger partial charge in [0, 0.05) is 10.8 Å². The average Bonchev–Trinajstić information content (AvgIpc) is 2.85. The molecule has 2 aromatic heterocycles. The van der Waals surface area contributed by atoms with Gasteiger partial charge in [0.15, 0.2) is 6.29 Å². The fourth-order valence-corrected chi connectivity index (χ4v) is 1.85. The second-order valence-corrected chi connectivity index (χ2v) is 5.46. The molecule has 0 atom stereocenters. The number of aromatic nitrogens is 2. The third-order valence-corrected chi connectivity index (χ3v) is 2.91. The maximum Gasteiger partial charge on any atom is 0.248 e. The van der Waals surface area contributed by atoms with Crippen LogP contribution in [0, 0.1) is 0 Å². The Bertz CT molecular complexity index is 508. The van der Waals surface area contributed by atoms with Crippen molar-refractivity contribution in [2.24, 2.45) is 0 Å². The lowest BCUT2D eigenvalue weighted by Gasteiger charge is -2.10. The van der Waals surface area contributed by atoms with Gasteiger partial charge in [-0.05, 0) is 6.07 Å². The van der Waals surface area contributed by atoms with Gasteiger partial charge in [0.2, 0.25) is 11.8 Å². The van der Waals surface area contributed by atoms with E-state index in [1.807, 2.05) is 26.2 Å². The quantitative estimate of drug-likeness (QED) is 0.752. The van der Waals surface area contributed by atoms with E-state index in [-0.39, 0.29) is 5.41 Å². The Morgan fingerprint density at radius 3 is 2.62 bits per heavy atom. The lowest BCUT2D eigenvalue weighted by atomic mass is 9.97. The monoisotopic (exact) mass is 236 g/mol. The van der Waals surface area contributed by atoms with Gasteiger partial charge in [0.05, 0.1) is 10.4 Å². The largest absolute Gasteiger partial charge is 0.420 e. The van der Waals surface area contributed by atoms with Gasteiger partial charge in [0.1, 0.15) is 0 Å². The lowest BCUT2D eigenvalue weighted by molar-refractivity contribution is 0.112. The Morgan fingerprint density at radius 2 is 2.12 bits per heavy atom. The summed E-state index contributed by atoms with van der Waals surface area (Å²) in [5.74, 6) is 1.07. The smallest absolute Gasteiger partial charge is 0.248 e. The molecule has 0 saturated carbocycles. The summed E-state index contributed by atoms with van der Waals surface area (Å²) < 4.78 is 5.56. The van der Waals surface area contributed by atoms with Crippen molar-refractivity contribution in [3.05, 3.63) is 22.2 Å². The van der Waals surface area contributed by atoms with Gasteiger partial charge in [-0.1, -0.05) is 20.8 Å². The molecule has 2 aromatic rings. The highest BCUT2D eigenvalue weighted by Crippen LogP contribution is 2.27. The van der Waals surface area contributed by atoms with Crippen molar-refractivity contribution in [3.8, 4) is 11.5 Å². The SMILES string of the molecule is CC(C)(C)c1nnc(-c2csc(C=O)c2)o1. The first-order valence-corrected chi connectivity index (χ1v) is 5.77. The summed E-state index contributed by atoms with van der Waals surface area (Å²) in [7, 11) is 0. The van der Waals surface area contributed by atoms with Crippen molar-refractivity contribution < 1.29 is 9.21 Å². The number of carbonyl (C=O) groups is 1. The van der Waals surface area contributed by atoms with E-state index >= 15 is 0 Å². The zero-order chi connectivity index (χ0) is 11.8. The molecular weight excluding hydrogens is 224 g/mol. The average molecular weight is 236 g/mol. The zero-order valence-corrected chi connectivity index (χ0v) is 10.2. The van der Waals surface area contributed by atoms with E-state index in [1.165, 1.54) is 11.3 Å². The highest BCUT2D eigenvalue weighted by molar-refractivity contribution is 7.12. The van der Waals surface area contributed by atoms with Gasteiger partial charge in [-0.2, -0.15) is 0 Å². The molecule has 2 heterocycles. The van der Waals surface area contributed by atoms with Crippen LogP contribution in [-0.4, -0.2) is 16.5 Å². The fourth-order valence-electron chi connectivity index (χ4n) is 1.17. The van der Waals surface area contributed by atoms with E-state index in [0.717, 1.165) is 11.8 Å². The molecule has 0 aliphatic carbocycles. The first kappa shape index (κ1) is 11.0. The molecule has 16 heavy (non-hydrogen) atoms. The van der Waals surface area contributed by atoms with Crippen molar-refractivity contribution in [3.63, 3.8) is 0 Å². The first-order chi connectivity index (χ1) is 7.50. The Kier molecular flexibility index (Phi) is 2.63. The normalized spacial score (nSPS) is 11.7. The second kappa shape index (κ2) is 3.83. The summed E-state index contributed by atoms with van der Waals surface area (Å²) in [4.78, 5) is 11.2. The second-order valence-electron chi connectivity index (χ2n) is 4.52. The van der Waals surface area contributed by atoms with E-state index in [2.05, 4.69) is 10.2 Å². The highest BCUT2D eigenvalue weighted by atomic mass is 32.1. The van der Waals surface area contributed by atoms with E-state index in [0.29, 0.717) is 16.7 Å². The lowest BCUT2D eigenvalue weighted by Crippen LogP contribution is -2.11. The molecule has 0 bridgehead atoms. The van der Waals surface area contributed by atoms with Crippen LogP contribution < -0.4 is 0 Å². The maximum atomic E-state index is 10.6. The van der Waals surface area contributed by atoms with Gasteiger partial charge < -0.3 is 4.42 Å². The molecule has 0 fully saturated rings. The van der Waals surface area contributed by atoms with E-state index in [4.69, 9.17) is 4.42 Å². The number of aldehydes is 1. The predicted molar refractivity (Wildman–Crippen MR) is 61.7 cm³/mol. The summed E-state index contributed by atoms with van der Waals surface area (Å²) >= 11 is 1.37. The molecule has 0 unspecified atom stereocenters.